The molecule has 0 atom stereocenters. The van der Waals surface area contributed by atoms with Gasteiger partial charge in [0.2, 0.25) is 5.91 Å². The normalized spacial score (nSPS) is 19.0. The van der Waals surface area contributed by atoms with E-state index >= 15 is 0 Å². The second-order valence-electron chi connectivity index (χ2n) is 4.44. The van der Waals surface area contributed by atoms with Crippen molar-refractivity contribution in [3.05, 3.63) is 0 Å². The van der Waals surface area contributed by atoms with Crippen LogP contribution in [0.4, 0.5) is 0 Å². The molecule has 1 amide bonds. The zero-order chi connectivity index (χ0) is 10.6. The molecule has 0 aromatic rings. The smallest absolute Gasteiger partial charge is 0.222 e. The summed E-state index contributed by atoms with van der Waals surface area (Å²) in [6.45, 7) is 5.03. The van der Waals surface area contributed by atoms with Crippen molar-refractivity contribution < 1.29 is 4.79 Å². The molecule has 0 bridgehead atoms. The molecule has 0 N–H and O–H groups in total. The van der Waals surface area contributed by atoms with Crippen LogP contribution in [0.2, 0.25) is 0 Å². The predicted molar refractivity (Wildman–Crippen MR) is 58.1 cm³/mol. The second kappa shape index (κ2) is 5.35. The quantitative estimate of drug-likeness (QED) is 0.680. The van der Waals surface area contributed by atoms with Gasteiger partial charge in [-0.05, 0) is 32.9 Å². The molecule has 0 aromatic heterocycles. The molecule has 1 rings (SSSR count). The molecule has 1 aliphatic rings. The van der Waals surface area contributed by atoms with E-state index in [4.69, 9.17) is 0 Å². The van der Waals surface area contributed by atoms with E-state index in [9.17, 15) is 4.79 Å². The number of amides is 1. The lowest BCUT2D eigenvalue weighted by atomic mass is 9.96. The van der Waals surface area contributed by atoms with Gasteiger partial charge in [0.15, 0.2) is 0 Å². The number of hydrogen-bond acceptors (Lipinski definition) is 2. The number of piperidine rings is 1. The van der Waals surface area contributed by atoms with Crippen LogP contribution in [0.25, 0.3) is 0 Å². The summed E-state index contributed by atoms with van der Waals surface area (Å²) in [6, 6.07) is 0. The highest BCUT2D eigenvalue weighted by Gasteiger charge is 2.21. The SMILES string of the molecule is CCC(=O)N1CCC(CN(C)C)CC1. The summed E-state index contributed by atoms with van der Waals surface area (Å²) in [7, 11) is 4.23. The number of rotatable bonds is 3. The Kier molecular flexibility index (Phi) is 4.39. The zero-order valence-corrected chi connectivity index (χ0v) is 9.62. The molecule has 1 aliphatic heterocycles. The zero-order valence-electron chi connectivity index (χ0n) is 9.62. The van der Waals surface area contributed by atoms with E-state index in [0.29, 0.717) is 12.3 Å². The van der Waals surface area contributed by atoms with Gasteiger partial charge in [-0.15, -0.1) is 0 Å². The van der Waals surface area contributed by atoms with E-state index in [1.54, 1.807) is 0 Å². The van der Waals surface area contributed by atoms with Crippen molar-refractivity contribution in [3.63, 3.8) is 0 Å². The number of hydrogen-bond donors (Lipinski definition) is 0. The Labute approximate surface area is 87.1 Å². The summed E-state index contributed by atoms with van der Waals surface area (Å²) >= 11 is 0. The minimum absolute atomic E-state index is 0.313. The van der Waals surface area contributed by atoms with Crippen molar-refractivity contribution in [1.82, 2.24) is 9.80 Å². The van der Waals surface area contributed by atoms with Crippen molar-refractivity contribution in [1.29, 1.82) is 0 Å². The highest BCUT2D eigenvalue weighted by Crippen LogP contribution is 2.18. The van der Waals surface area contributed by atoms with Crippen LogP contribution in [-0.4, -0.2) is 49.4 Å². The number of nitrogens with zero attached hydrogens (tertiary/aromatic N) is 2. The van der Waals surface area contributed by atoms with E-state index in [0.717, 1.165) is 25.6 Å². The van der Waals surface area contributed by atoms with Crippen LogP contribution in [0, 0.1) is 5.92 Å². The standard InChI is InChI=1S/C11H22N2O/c1-4-11(14)13-7-5-10(6-8-13)9-12(2)3/h10H,4-9H2,1-3H3. The molecule has 1 saturated heterocycles. The molecular formula is C11H22N2O. The van der Waals surface area contributed by atoms with Gasteiger partial charge in [-0.25, -0.2) is 0 Å². The molecule has 0 aliphatic carbocycles. The molecule has 1 fully saturated rings. The Bertz CT molecular complexity index is 184. The summed E-state index contributed by atoms with van der Waals surface area (Å²) in [6.07, 6.45) is 2.99. The Morgan fingerprint density at radius 3 is 2.36 bits per heavy atom. The van der Waals surface area contributed by atoms with Crippen LogP contribution < -0.4 is 0 Å². The summed E-state index contributed by atoms with van der Waals surface area (Å²) in [4.78, 5) is 15.7. The Hall–Kier alpha value is -0.570. The summed E-state index contributed by atoms with van der Waals surface area (Å²) < 4.78 is 0. The van der Waals surface area contributed by atoms with Gasteiger partial charge in [-0.3, -0.25) is 4.79 Å². The van der Waals surface area contributed by atoms with Crippen molar-refractivity contribution in [3.8, 4) is 0 Å². The first-order chi connectivity index (χ1) is 6.63. The minimum atomic E-state index is 0.313. The Morgan fingerprint density at radius 2 is 1.93 bits per heavy atom. The van der Waals surface area contributed by atoms with Crippen LogP contribution in [-0.2, 0) is 4.79 Å². The summed E-state index contributed by atoms with van der Waals surface area (Å²) in [5.74, 6) is 1.10. The molecule has 0 radical (unpaired) electrons. The predicted octanol–water partition coefficient (Wildman–Crippen LogP) is 1.20. The number of carbonyl (C=O) groups excluding carboxylic acids is 1. The van der Waals surface area contributed by atoms with Crippen molar-refractivity contribution in [2.45, 2.75) is 26.2 Å². The molecule has 0 saturated carbocycles. The van der Waals surface area contributed by atoms with Gasteiger partial charge in [0, 0.05) is 26.1 Å². The lowest BCUT2D eigenvalue weighted by Crippen LogP contribution is -2.40. The average Bonchev–Trinajstić information content (AvgIpc) is 2.17. The fourth-order valence-electron chi connectivity index (χ4n) is 2.10. The average molecular weight is 198 g/mol. The Balaban J connectivity index is 2.27. The topological polar surface area (TPSA) is 23.6 Å². The molecule has 3 heteroatoms. The third-order valence-corrected chi connectivity index (χ3v) is 2.89. The molecule has 82 valence electrons. The lowest BCUT2D eigenvalue weighted by Gasteiger charge is -2.33. The second-order valence-corrected chi connectivity index (χ2v) is 4.44. The van der Waals surface area contributed by atoms with Crippen molar-refractivity contribution in [2.75, 3.05) is 33.7 Å². The third kappa shape index (κ3) is 3.29. The summed E-state index contributed by atoms with van der Waals surface area (Å²) in [5, 5.41) is 0. The first kappa shape index (κ1) is 11.5. The van der Waals surface area contributed by atoms with Gasteiger partial charge < -0.3 is 9.80 Å². The van der Waals surface area contributed by atoms with E-state index in [2.05, 4.69) is 19.0 Å². The third-order valence-electron chi connectivity index (χ3n) is 2.89. The lowest BCUT2D eigenvalue weighted by molar-refractivity contribution is -0.132. The number of likely N-dealkylation sites (tertiary alicyclic amines) is 1. The van der Waals surface area contributed by atoms with Crippen molar-refractivity contribution >= 4 is 5.91 Å². The van der Waals surface area contributed by atoms with Gasteiger partial charge in [-0.1, -0.05) is 6.92 Å². The maximum absolute atomic E-state index is 11.4. The Morgan fingerprint density at radius 1 is 1.36 bits per heavy atom. The van der Waals surface area contributed by atoms with Gasteiger partial charge in [0.05, 0.1) is 0 Å². The van der Waals surface area contributed by atoms with Gasteiger partial charge in [0.1, 0.15) is 0 Å². The van der Waals surface area contributed by atoms with E-state index < -0.39 is 0 Å². The first-order valence-electron chi connectivity index (χ1n) is 5.56. The van der Waals surface area contributed by atoms with E-state index in [1.807, 2.05) is 11.8 Å². The molecule has 1 heterocycles. The van der Waals surface area contributed by atoms with Crippen LogP contribution in [0.3, 0.4) is 0 Å². The molecule has 0 spiro atoms. The fraction of sp³-hybridized carbons (Fsp3) is 0.909. The highest BCUT2D eigenvalue weighted by molar-refractivity contribution is 5.75. The summed E-state index contributed by atoms with van der Waals surface area (Å²) in [5.41, 5.74) is 0. The van der Waals surface area contributed by atoms with Crippen LogP contribution in [0.1, 0.15) is 26.2 Å². The highest BCUT2D eigenvalue weighted by atomic mass is 16.2. The minimum Gasteiger partial charge on any atom is -0.343 e. The largest absolute Gasteiger partial charge is 0.343 e. The van der Waals surface area contributed by atoms with Crippen LogP contribution in [0.5, 0.6) is 0 Å². The van der Waals surface area contributed by atoms with E-state index in [1.165, 1.54) is 12.8 Å². The van der Waals surface area contributed by atoms with Crippen molar-refractivity contribution in [2.24, 2.45) is 5.92 Å². The van der Waals surface area contributed by atoms with Gasteiger partial charge in [-0.2, -0.15) is 0 Å². The monoisotopic (exact) mass is 198 g/mol. The van der Waals surface area contributed by atoms with Crippen LogP contribution >= 0.6 is 0 Å². The van der Waals surface area contributed by atoms with Gasteiger partial charge >= 0.3 is 0 Å². The molecule has 0 aromatic carbocycles. The fourth-order valence-corrected chi connectivity index (χ4v) is 2.10. The maximum atomic E-state index is 11.4. The molecule has 3 nitrogen and oxygen atoms in total. The maximum Gasteiger partial charge on any atom is 0.222 e. The van der Waals surface area contributed by atoms with E-state index in [-0.39, 0.29) is 0 Å². The molecular weight excluding hydrogens is 176 g/mol. The van der Waals surface area contributed by atoms with Gasteiger partial charge in [0.25, 0.3) is 0 Å². The number of carbonyl (C=O) groups is 1. The molecule has 14 heavy (non-hydrogen) atoms. The first-order valence-corrected chi connectivity index (χ1v) is 5.56. The van der Waals surface area contributed by atoms with Crippen LogP contribution in [0.15, 0.2) is 0 Å². The molecule has 0 unspecified atom stereocenters.